The highest BCUT2D eigenvalue weighted by molar-refractivity contribution is 5.43. The lowest BCUT2D eigenvalue weighted by molar-refractivity contribution is -0.177. The van der Waals surface area contributed by atoms with Crippen LogP contribution in [0.1, 0.15) is 28.1 Å². The SMILES string of the molecule is OC(c1cn[nH]n1)(c1ccc(F)cc1F)C(F)(F)c1ccc(C#Cc2ccc(F)cc2)cn1. The third-order valence-electron chi connectivity index (χ3n) is 4.84. The Bertz CT molecular complexity index is 1330. The molecular formula is C23H13F5N4O. The highest BCUT2D eigenvalue weighted by Gasteiger charge is 2.60. The van der Waals surface area contributed by atoms with Crippen molar-refractivity contribution >= 4 is 0 Å². The lowest BCUT2D eigenvalue weighted by Gasteiger charge is -2.34. The van der Waals surface area contributed by atoms with E-state index in [1.165, 1.54) is 30.3 Å². The van der Waals surface area contributed by atoms with Crippen molar-refractivity contribution < 1.29 is 27.1 Å². The molecule has 0 spiro atoms. The zero-order valence-corrected chi connectivity index (χ0v) is 16.5. The Labute approximate surface area is 183 Å². The van der Waals surface area contributed by atoms with Gasteiger partial charge in [-0.2, -0.15) is 24.2 Å². The molecule has 2 aromatic heterocycles. The number of benzene rings is 2. The van der Waals surface area contributed by atoms with E-state index in [0.29, 0.717) is 17.7 Å². The van der Waals surface area contributed by atoms with Crippen LogP contribution in [-0.4, -0.2) is 25.5 Å². The molecule has 2 aromatic carbocycles. The van der Waals surface area contributed by atoms with E-state index in [4.69, 9.17) is 0 Å². The number of aromatic amines is 1. The number of nitrogens with one attached hydrogen (secondary N) is 1. The maximum absolute atomic E-state index is 15.6. The summed E-state index contributed by atoms with van der Waals surface area (Å²) in [7, 11) is 0. The van der Waals surface area contributed by atoms with Gasteiger partial charge in [-0.15, -0.1) is 0 Å². The van der Waals surface area contributed by atoms with Gasteiger partial charge in [-0.3, -0.25) is 4.98 Å². The van der Waals surface area contributed by atoms with Gasteiger partial charge in [0, 0.05) is 29.0 Å². The first-order chi connectivity index (χ1) is 15.7. The molecule has 10 heteroatoms. The minimum atomic E-state index is -4.22. The highest BCUT2D eigenvalue weighted by Crippen LogP contribution is 2.48. The summed E-state index contributed by atoms with van der Waals surface area (Å²) in [4.78, 5) is 3.70. The number of alkyl halides is 2. The number of H-pyrrole nitrogens is 1. The molecule has 166 valence electrons. The predicted octanol–water partition coefficient (Wildman–Crippen LogP) is 4.04. The lowest BCUT2D eigenvalue weighted by Crippen LogP contribution is -2.46. The van der Waals surface area contributed by atoms with Crippen LogP contribution in [0.5, 0.6) is 0 Å². The summed E-state index contributed by atoms with van der Waals surface area (Å²) in [5.41, 5.74) is -5.12. The molecule has 33 heavy (non-hydrogen) atoms. The van der Waals surface area contributed by atoms with Crippen molar-refractivity contribution in [2.75, 3.05) is 0 Å². The molecule has 0 radical (unpaired) electrons. The van der Waals surface area contributed by atoms with Crippen molar-refractivity contribution in [3.05, 3.63) is 113 Å². The molecule has 0 aliphatic rings. The molecule has 0 aliphatic heterocycles. The molecule has 1 unspecified atom stereocenters. The van der Waals surface area contributed by atoms with Gasteiger partial charge in [-0.1, -0.05) is 11.8 Å². The highest BCUT2D eigenvalue weighted by atomic mass is 19.3. The summed E-state index contributed by atoms with van der Waals surface area (Å²) in [6.07, 6.45) is 1.85. The average Bonchev–Trinajstić information content (AvgIpc) is 3.34. The van der Waals surface area contributed by atoms with Crippen molar-refractivity contribution in [3.63, 3.8) is 0 Å². The molecule has 5 nitrogen and oxygen atoms in total. The Hall–Kier alpha value is -4.10. The minimum absolute atomic E-state index is 0.261. The van der Waals surface area contributed by atoms with Crippen LogP contribution in [0, 0.1) is 29.3 Å². The quantitative estimate of drug-likeness (QED) is 0.359. The average molecular weight is 456 g/mol. The fourth-order valence-electron chi connectivity index (χ4n) is 3.14. The third kappa shape index (κ3) is 4.06. The van der Waals surface area contributed by atoms with E-state index in [1.807, 2.05) is 0 Å². The van der Waals surface area contributed by atoms with Gasteiger partial charge in [0.05, 0.1) is 6.20 Å². The first-order valence-corrected chi connectivity index (χ1v) is 9.38. The van der Waals surface area contributed by atoms with Crippen molar-refractivity contribution in [1.29, 1.82) is 0 Å². The lowest BCUT2D eigenvalue weighted by atomic mass is 9.82. The maximum atomic E-state index is 15.6. The second kappa shape index (κ2) is 8.44. The van der Waals surface area contributed by atoms with Crippen molar-refractivity contribution in [2.24, 2.45) is 0 Å². The van der Waals surface area contributed by atoms with Crippen molar-refractivity contribution in [3.8, 4) is 11.8 Å². The number of hydrogen-bond acceptors (Lipinski definition) is 4. The summed E-state index contributed by atoms with van der Waals surface area (Å²) in [6.45, 7) is 0. The monoisotopic (exact) mass is 456 g/mol. The van der Waals surface area contributed by atoms with Crippen LogP contribution in [0.15, 0.2) is 67.0 Å². The number of hydrogen-bond donors (Lipinski definition) is 2. The Morgan fingerprint density at radius 3 is 2.06 bits per heavy atom. The number of halogens is 5. The van der Waals surface area contributed by atoms with Crippen LogP contribution in [0.3, 0.4) is 0 Å². The first kappa shape index (κ1) is 22.1. The molecule has 0 amide bonds. The van der Waals surface area contributed by atoms with Gasteiger partial charge in [0.25, 0.3) is 0 Å². The van der Waals surface area contributed by atoms with Crippen LogP contribution >= 0.6 is 0 Å². The molecular weight excluding hydrogens is 443 g/mol. The first-order valence-electron chi connectivity index (χ1n) is 9.38. The second-order valence-corrected chi connectivity index (χ2v) is 6.95. The molecule has 0 aliphatic carbocycles. The topological polar surface area (TPSA) is 74.7 Å². The van der Waals surface area contributed by atoms with Crippen LogP contribution in [0.2, 0.25) is 0 Å². The smallest absolute Gasteiger partial charge is 0.327 e. The van der Waals surface area contributed by atoms with E-state index in [9.17, 15) is 18.3 Å². The van der Waals surface area contributed by atoms with Gasteiger partial charge in [-0.25, -0.2) is 13.2 Å². The number of aromatic nitrogens is 4. The molecule has 2 heterocycles. The van der Waals surface area contributed by atoms with Crippen LogP contribution < -0.4 is 0 Å². The molecule has 0 saturated heterocycles. The van der Waals surface area contributed by atoms with Gasteiger partial charge >= 0.3 is 5.92 Å². The van der Waals surface area contributed by atoms with Crippen molar-refractivity contribution in [2.45, 2.75) is 11.5 Å². The van der Waals surface area contributed by atoms with Gasteiger partial charge in [-0.05, 0) is 48.5 Å². The Morgan fingerprint density at radius 2 is 1.45 bits per heavy atom. The fourth-order valence-corrected chi connectivity index (χ4v) is 3.14. The van der Waals surface area contributed by atoms with Gasteiger partial charge in [0.2, 0.25) is 5.60 Å². The number of rotatable bonds is 4. The summed E-state index contributed by atoms with van der Waals surface area (Å²) >= 11 is 0. The van der Waals surface area contributed by atoms with E-state index in [1.54, 1.807) is 0 Å². The number of nitrogens with zero attached hydrogens (tertiary/aromatic N) is 3. The summed E-state index contributed by atoms with van der Waals surface area (Å²) in [6, 6.07) is 9.32. The summed E-state index contributed by atoms with van der Waals surface area (Å²) in [5, 5.41) is 20.1. The second-order valence-electron chi connectivity index (χ2n) is 6.95. The van der Waals surface area contributed by atoms with E-state index < -0.39 is 45.9 Å². The molecule has 0 saturated carbocycles. The molecule has 2 N–H and O–H groups in total. The standard InChI is InChI=1S/C23H13F5N4O/c24-16-6-3-14(4-7-16)1-2-15-5-10-20(29-12-15)23(27,28)22(33,21-13-30-32-31-21)18-9-8-17(25)11-19(18)26/h3-13,33H,(H,30,31,32). The van der Waals surface area contributed by atoms with E-state index >= 15 is 8.78 Å². The minimum Gasteiger partial charge on any atom is -0.373 e. The predicted molar refractivity (Wildman–Crippen MR) is 106 cm³/mol. The Morgan fingerprint density at radius 1 is 0.788 bits per heavy atom. The molecule has 0 bridgehead atoms. The molecule has 0 fully saturated rings. The Kier molecular flexibility index (Phi) is 5.66. The van der Waals surface area contributed by atoms with Crippen LogP contribution in [0.25, 0.3) is 0 Å². The fraction of sp³-hybridized carbons (Fsp3) is 0.0870. The normalized spacial score (nSPS) is 13.2. The van der Waals surface area contributed by atoms with E-state index in [2.05, 4.69) is 32.2 Å². The number of pyridine rings is 1. The van der Waals surface area contributed by atoms with Crippen LogP contribution in [-0.2, 0) is 11.5 Å². The maximum Gasteiger partial charge on any atom is 0.327 e. The summed E-state index contributed by atoms with van der Waals surface area (Å²) < 4.78 is 72.1. The van der Waals surface area contributed by atoms with E-state index in [0.717, 1.165) is 24.5 Å². The largest absolute Gasteiger partial charge is 0.373 e. The molecule has 4 rings (SSSR count). The van der Waals surface area contributed by atoms with Gasteiger partial charge in [0.1, 0.15) is 28.8 Å². The molecule has 4 aromatic rings. The van der Waals surface area contributed by atoms with Crippen molar-refractivity contribution in [1.82, 2.24) is 20.4 Å². The Balaban J connectivity index is 1.74. The summed E-state index contributed by atoms with van der Waals surface area (Å²) in [5.74, 6) is -1.62. The van der Waals surface area contributed by atoms with Crippen LogP contribution in [0.4, 0.5) is 22.0 Å². The van der Waals surface area contributed by atoms with Gasteiger partial charge in [0.15, 0.2) is 0 Å². The molecule has 1 atom stereocenters. The zero-order chi connectivity index (χ0) is 23.6. The van der Waals surface area contributed by atoms with Gasteiger partial charge < -0.3 is 5.11 Å². The number of aliphatic hydroxyl groups is 1. The zero-order valence-electron chi connectivity index (χ0n) is 16.5. The van der Waals surface area contributed by atoms with E-state index in [-0.39, 0.29) is 5.56 Å². The third-order valence-corrected chi connectivity index (χ3v) is 4.84.